The second kappa shape index (κ2) is 13.3. The highest BCUT2D eigenvalue weighted by molar-refractivity contribution is 7.11. The Morgan fingerprint density at radius 1 is 1.20 bits per heavy atom. The number of carbonyl (C=O) groups excluding carboxylic acids is 2. The summed E-state index contributed by atoms with van der Waals surface area (Å²) in [6.07, 6.45) is 1.66. The maximum Gasteiger partial charge on any atom is 0.338 e. The molecule has 2 amide bonds. The van der Waals surface area contributed by atoms with Gasteiger partial charge in [0.15, 0.2) is 10.8 Å². The van der Waals surface area contributed by atoms with Gasteiger partial charge in [-0.15, -0.1) is 11.3 Å². The number of fused-ring (bicyclic) bond motifs is 1. The lowest BCUT2D eigenvalue weighted by molar-refractivity contribution is -0.136. The molecule has 0 aliphatic carbocycles. The molecule has 2 N–H and O–H groups in total. The summed E-state index contributed by atoms with van der Waals surface area (Å²) in [5.74, 6) is 4.38. The largest absolute Gasteiger partial charge is 0.478 e. The maximum atomic E-state index is 14.0. The molecule has 2 saturated heterocycles. The van der Waals surface area contributed by atoms with Gasteiger partial charge in [0, 0.05) is 66.1 Å². The number of hydrogen-bond donors (Lipinski definition) is 2. The first-order valence-electron chi connectivity index (χ1n) is 14.3. The number of aromatic carboxylic acids is 1. The first-order valence-corrected chi connectivity index (χ1v) is 15.6. The highest BCUT2D eigenvalue weighted by Gasteiger charge is 2.41. The second-order valence-electron chi connectivity index (χ2n) is 10.8. The maximum absolute atomic E-state index is 14.0. The smallest absolute Gasteiger partial charge is 0.338 e. The molecule has 4 heterocycles. The summed E-state index contributed by atoms with van der Waals surface area (Å²) in [5, 5.41) is 14.9. The van der Waals surface area contributed by atoms with Crippen molar-refractivity contribution in [3.63, 3.8) is 0 Å². The van der Waals surface area contributed by atoms with Gasteiger partial charge in [-0.3, -0.25) is 9.89 Å². The van der Waals surface area contributed by atoms with Crippen molar-refractivity contribution >= 4 is 46.7 Å². The fourth-order valence-corrected chi connectivity index (χ4v) is 6.60. The van der Waals surface area contributed by atoms with Crippen LogP contribution >= 0.6 is 22.9 Å². The minimum atomic E-state index is -1.00. The van der Waals surface area contributed by atoms with Gasteiger partial charge in [-0.2, -0.15) is 0 Å². The summed E-state index contributed by atoms with van der Waals surface area (Å²) in [6, 6.07) is 9.21. The number of esters is 1. The van der Waals surface area contributed by atoms with Crippen LogP contribution in [-0.2, 0) is 9.53 Å². The van der Waals surface area contributed by atoms with E-state index in [-0.39, 0.29) is 34.8 Å². The van der Waals surface area contributed by atoms with Crippen LogP contribution in [0.15, 0.2) is 70.3 Å². The molecule has 0 spiro atoms. The van der Waals surface area contributed by atoms with E-state index in [2.05, 4.69) is 27.0 Å². The summed E-state index contributed by atoms with van der Waals surface area (Å²) in [7, 11) is 1.29. The number of carboxylic acid groups (broad SMARTS) is 1. The van der Waals surface area contributed by atoms with Crippen LogP contribution in [0, 0.1) is 17.7 Å². The van der Waals surface area contributed by atoms with Crippen molar-refractivity contribution < 1.29 is 28.6 Å². The number of urea groups is 1. The number of piperazine rings is 1. The molecule has 3 aromatic rings. The third kappa shape index (κ3) is 6.46. The molecule has 0 bridgehead atoms. The van der Waals surface area contributed by atoms with Crippen LogP contribution in [0.3, 0.4) is 0 Å². The normalized spacial score (nSPS) is 19.6. The molecule has 6 rings (SSSR count). The standard InChI is InChI=1S/C32H28ClFN6O5S/c1-45-31(43)26-25(36-28(29-35-10-14-46-29)37-27(26)23-9-8-21(34)15-24(23)33)18-38-12-13-40-22(16-38)17-39(32(40)44)11-2-3-19-4-6-20(7-5-19)30(41)42/h4-10,14-15,22,27H,11-13,16-18H2,1H3,(H,36,37)(H,41,42). The van der Waals surface area contributed by atoms with E-state index in [9.17, 15) is 18.8 Å². The molecular weight excluding hydrogens is 635 g/mol. The van der Waals surface area contributed by atoms with Crippen LogP contribution in [0.25, 0.3) is 0 Å². The number of benzene rings is 2. The molecule has 46 heavy (non-hydrogen) atoms. The van der Waals surface area contributed by atoms with Crippen molar-refractivity contribution in [3.05, 3.63) is 97.8 Å². The minimum absolute atomic E-state index is 0.0851. The predicted octanol–water partition coefficient (Wildman–Crippen LogP) is 3.63. The first kappa shape index (κ1) is 31.2. The molecule has 2 fully saturated rings. The average Bonchev–Trinajstić information content (AvgIpc) is 3.69. The van der Waals surface area contributed by atoms with Crippen molar-refractivity contribution in [1.82, 2.24) is 25.0 Å². The van der Waals surface area contributed by atoms with Gasteiger partial charge in [0.2, 0.25) is 0 Å². The number of carbonyl (C=O) groups is 3. The van der Waals surface area contributed by atoms with E-state index in [1.165, 1.54) is 48.8 Å². The third-order valence-corrected chi connectivity index (χ3v) is 9.06. The number of hydrogen-bond acceptors (Lipinski definition) is 9. The number of rotatable bonds is 7. The predicted molar refractivity (Wildman–Crippen MR) is 169 cm³/mol. The Balaban J connectivity index is 1.20. The summed E-state index contributed by atoms with van der Waals surface area (Å²) in [4.78, 5) is 52.4. The van der Waals surface area contributed by atoms with Gasteiger partial charge >= 0.3 is 18.0 Å². The lowest BCUT2D eigenvalue weighted by Crippen LogP contribution is -2.53. The number of nitrogens with one attached hydrogen (secondary N) is 1. The number of thiazole rings is 1. The van der Waals surface area contributed by atoms with Crippen molar-refractivity contribution in [2.75, 3.05) is 46.4 Å². The number of methoxy groups -OCH3 is 1. The number of halogens is 2. The monoisotopic (exact) mass is 662 g/mol. The number of amidine groups is 1. The highest BCUT2D eigenvalue weighted by Crippen LogP contribution is 2.37. The van der Waals surface area contributed by atoms with Crippen LogP contribution < -0.4 is 5.32 Å². The molecule has 3 aliphatic rings. The first-order chi connectivity index (χ1) is 22.2. The van der Waals surface area contributed by atoms with E-state index in [0.717, 1.165) is 0 Å². The van der Waals surface area contributed by atoms with E-state index in [4.69, 9.17) is 26.4 Å². The highest BCUT2D eigenvalue weighted by atomic mass is 35.5. The quantitative estimate of drug-likeness (QED) is 0.290. The molecule has 236 valence electrons. The zero-order chi connectivity index (χ0) is 32.4. The molecule has 1 aromatic heterocycles. The SMILES string of the molecule is COC(=O)C1=C(CN2CCN3C(=O)N(CC#Cc4ccc(C(=O)O)cc4)CC3C2)NC(c2nccs2)=NC1c1ccc(F)cc1Cl. The molecule has 14 heteroatoms. The number of carboxylic acids is 1. The number of amides is 2. The molecular formula is C32H28ClFN6O5S. The Bertz CT molecular complexity index is 1800. The zero-order valence-corrected chi connectivity index (χ0v) is 26.1. The molecule has 0 saturated carbocycles. The fourth-order valence-electron chi connectivity index (χ4n) is 5.74. The summed E-state index contributed by atoms with van der Waals surface area (Å²) < 4.78 is 19.1. The fraction of sp³-hybridized carbons (Fsp3) is 0.281. The molecule has 3 aliphatic heterocycles. The van der Waals surface area contributed by atoms with Crippen molar-refractivity contribution in [2.24, 2.45) is 4.99 Å². The van der Waals surface area contributed by atoms with Crippen molar-refractivity contribution in [1.29, 1.82) is 0 Å². The van der Waals surface area contributed by atoms with E-state index in [0.29, 0.717) is 60.4 Å². The van der Waals surface area contributed by atoms with Gasteiger partial charge in [0.05, 0.1) is 30.8 Å². The van der Waals surface area contributed by atoms with Crippen LogP contribution in [0.5, 0.6) is 0 Å². The Kier molecular flexibility index (Phi) is 9.03. The van der Waals surface area contributed by atoms with Gasteiger partial charge in [0.25, 0.3) is 0 Å². The van der Waals surface area contributed by atoms with Gasteiger partial charge in [-0.1, -0.05) is 29.5 Å². The lowest BCUT2D eigenvalue weighted by Gasteiger charge is -2.38. The third-order valence-electron chi connectivity index (χ3n) is 7.95. The molecule has 2 unspecified atom stereocenters. The molecule has 2 aromatic carbocycles. The van der Waals surface area contributed by atoms with Gasteiger partial charge in [0.1, 0.15) is 11.9 Å². The van der Waals surface area contributed by atoms with Crippen molar-refractivity contribution in [2.45, 2.75) is 12.1 Å². The second-order valence-corrected chi connectivity index (χ2v) is 12.1. The van der Waals surface area contributed by atoms with Crippen LogP contribution in [0.4, 0.5) is 9.18 Å². The molecule has 2 atom stereocenters. The molecule has 0 radical (unpaired) electrons. The van der Waals surface area contributed by atoms with Crippen LogP contribution in [0.2, 0.25) is 5.02 Å². The Labute approximate surface area is 272 Å². The number of nitrogens with zero attached hydrogens (tertiary/aromatic N) is 5. The van der Waals surface area contributed by atoms with E-state index < -0.39 is 23.8 Å². The number of aliphatic imine (C=N–C) groups is 1. The number of ether oxygens (including phenoxy) is 1. The van der Waals surface area contributed by atoms with Crippen LogP contribution in [-0.4, -0.2) is 101 Å². The Hall–Kier alpha value is -4.77. The van der Waals surface area contributed by atoms with Crippen LogP contribution in [0.1, 0.15) is 32.5 Å². The van der Waals surface area contributed by atoms with E-state index >= 15 is 0 Å². The van der Waals surface area contributed by atoms with Crippen molar-refractivity contribution in [3.8, 4) is 11.8 Å². The molecule has 11 nitrogen and oxygen atoms in total. The van der Waals surface area contributed by atoms with E-state index in [1.54, 1.807) is 23.2 Å². The minimum Gasteiger partial charge on any atom is -0.478 e. The Morgan fingerprint density at radius 3 is 2.70 bits per heavy atom. The van der Waals surface area contributed by atoms with Gasteiger partial charge in [-0.05, 0) is 36.4 Å². The number of aromatic nitrogens is 1. The average molecular weight is 663 g/mol. The van der Waals surface area contributed by atoms with Gasteiger partial charge in [-0.25, -0.2) is 23.8 Å². The van der Waals surface area contributed by atoms with E-state index in [1.807, 2.05) is 10.3 Å². The zero-order valence-electron chi connectivity index (χ0n) is 24.6. The summed E-state index contributed by atoms with van der Waals surface area (Å²) >= 11 is 7.85. The lowest BCUT2D eigenvalue weighted by atomic mass is 9.95. The Morgan fingerprint density at radius 2 is 2.00 bits per heavy atom. The van der Waals surface area contributed by atoms with Gasteiger partial charge < -0.3 is 25.0 Å². The topological polar surface area (TPSA) is 128 Å². The summed E-state index contributed by atoms with van der Waals surface area (Å²) in [6.45, 7) is 2.65. The summed E-state index contributed by atoms with van der Waals surface area (Å²) in [5.41, 5.74) is 2.12.